The molecule has 0 saturated carbocycles. The molecule has 5 heteroatoms. The summed E-state index contributed by atoms with van der Waals surface area (Å²) in [5, 5.41) is 11.0. The maximum atomic E-state index is 10.5. The van der Waals surface area contributed by atoms with Crippen molar-refractivity contribution in [3.8, 4) is 0 Å². The number of aliphatic carboxylic acids is 1. The van der Waals surface area contributed by atoms with E-state index < -0.39 is 5.97 Å². The van der Waals surface area contributed by atoms with Crippen molar-refractivity contribution in [1.82, 2.24) is 0 Å². The number of carbonyl (C=O) groups excluding carboxylic acids is 1. The monoisotopic (exact) mass is 186 g/mol. The van der Waals surface area contributed by atoms with Gasteiger partial charge >= 0.3 is 24.8 Å². The van der Waals surface area contributed by atoms with Crippen LogP contribution in [0.1, 0.15) is 10.4 Å². The van der Waals surface area contributed by atoms with E-state index in [0.29, 0.717) is 17.5 Å². The molecule has 0 aliphatic carbocycles. The van der Waals surface area contributed by atoms with E-state index in [-0.39, 0.29) is 25.4 Å². The summed E-state index contributed by atoms with van der Waals surface area (Å²) in [6, 6.07) is 6.73. The molecular formula is C9H9LiNO3+. The largest absolute Gasteiger partial charge is 1.00 e. The Kier molecular flexibility index (Phi) is 5.69. The standard InChI is InChI=1S/C9H9NO3.Li/c11-6-7-3-1-2-4-8(7)10-5-9(12)13;/h1-4,6,10H,5H2,(H,12,13);/q;+1. The van der Waals surface area contributed by atoms with Crippen LogP contribution >= 0.6 is 0 Å². The molecule has 0 heterocycles. The summed E-state index contributed by atoms with van der Waals surface area (Å²) in [7, 11) is 0. The fourth-order valence-corrected chi connectivity index (χ4v) is 0.932. The summed E-state index contributed by atoms with van der Waals surface area (Å²) in [5.74, 6) is -0.958. The van der Waals surface area contributed by atoms with Gasteiger partial charge in [0.05, 0.1) is 0 Å². The minimum atomic E-state index is -0.958. The van der Waals surface area contributed by atoms with Crippen molar-refractivity contribution in [2.24, 2.45) is 0 Å². The van der Waals surface area contributed by atoms with Crippen LogP contribution in [0.2, 0.25) is 0 Å². The number of para-hydroxylation sites is 1. The number of nitrogens with one attached hydrogen (secondary N) is 1. The molecule has 0 bridgehead atoms. The van der Waals surface area contributed by atoms with Crippen LogP contribution in [0, 0.1) is 0 Å². The number of carbonyl (C=O) groups is 2. The van der Waals surface area contributed by atoms with Crippen LogP contribution < -0.4 is 24.2 Å². The van der Waals surface area contributed by atoms with Crippen LogP contribution in [0.3, 0.4) is 0 Å². The third kappa shape index (κ3) is 3.65. The molecule has 14 heavy (non-hydrogen) atoms. The van der Waals surface area contributed by atoms with Crippen molar-refractivity contribution >= 4 is 17.9 Å². The molecular weight excluding hydrogens is 177 g/mol. The number of hydrogen-bond donors (Lipinski definition) is 2. The van der Waals surface area contributed by atoms with Crippen molar-refractivity contribution in [3.05, 3.63) is 29.8 Å². The average Bonchev–Trinajstić information content (AvgIpc) is 2.15. The Hall–Kier alpha value is -1.24. The second-order valence-electron chi connectivity index (χ2n) is 2.45. The van der Waals surface area contributed by atoms with E-state index in [9.17, 15) is 9.59 Å². The third-order valence-corrected chi connectivity index (χ3v) is 1.52. The van der Waals surface area contributed by atoms with Gasteiger partial charge in [0.2, 0.25) is 0 Å². The number of carboxylic acids is 1. The maximum absolute atomic E-state index is 10.5. The topological polar surface area (TPSA) is 66.4 Å². The van der Waals surface area contributed by atoms with Crippen LogP contribution in [-0.4, -0.2) is 23.9 Å². The molecule has 0 saturated heterocycles. The Morgan fingerprint density at radius 2 is 2.07 bits per heavy atom. The van der Waals surface area contributed by atoms with Crippen LogP contribution in [0.4, 0.5) is 5.69 Å². The van der Waals surface area contributed by atoms with Crippen molar-refractivity contribution in [2.75, 3.05) is 11.9 Å². The van der Waals surface area contributed by atoms with Gasteiger partial charge in [-0.15, -0.1) is 0 Å². The summed E-state index contributed by atoms with van der Waals surface area (Å²) in [5.41, 5.74) is 1.00. The molecule has 1 aromatic rings. The van der Waals surface area contributed by atoms with E-state index in [1.807, 2.05) is 0 Å². The number of hydrogen-bond acceptors (Lipinski definition) is 3. The Bertz CT molecular complexity index is 328. The average molecular weight is 186 g/mol. The Morgan fingerprint density at radius 1 is 1.43 bits per heavy atom. The molecule has 0 fully saturated rings. The van der Waals surface area contributed by atoms with Gasteiger partial charge in [-0.1, -0.05) is 12.1 Å². The number of aldehydes is 1. The van der Waals surface area contributed by atoms with Gasteiger partial charge in [0.25, 0.3) is 0 Å². The van der Waals surface area contributed by atoms with E-state index in [1.165, 1.54) is 0 Å². The zero-order valence-corrected chi connectivity index (χ0v) is 7.86. The third-order valence-electron chi connectivity index (χ3n) is 1.52. The summed E-state index contributed by atoms with van der Waals surface area (Å²) >= 11 is 0. The predicted octanol–water partition coefficient (Wildman–Crippen LogP) is -2.00. The molecule has 1 aromatic carbocycles. The van der Waals surface area contributed by atoms with Gasteiger partial charge in [0.1, 0.15) is 6.54 Å². The van der Waals surface area contributed by atoms with Crippen molar-refractivity contribution in [2.45, 2.75) is 0 Å². The van der Waals surface area contributed by atoms with Crippen LogP contribution in [0.15, 0.2) is 24.3 Å². The van der Waals surface area contributed by atoms with Gasteiger partial charge in [-0.3, -0.25) is 9.59 Å². The molecule has 0 atom stereocenters. The van der Waals surface area contributed by atoms with Gasteiger partial charge in [-0.2, -0.15) is 0 Å². The predicted molar refractivity (Wildman–Crippen MR) is 48.0 cm³/mol. The Balaban J connectivity index is 0.00000169. The van der Waals surface area contributed by atoms with E-state index >= 15 is 0 Å². The Labute approximate surface area is 93.5 Å². The summed E-state index contributed by atoms with van der Waals surface area (Å²) in [4.78, 5) is 20.7. The molecule has 68 valence electrons. The summed E-state index contributed by atoms with van der Waals surface area (Å²) in [6.45, 7) is -0.190. The van der Waals surface area contributed by atoms with Crippen LogP contribution in [-0.2, 0) is 4.79 Å². The van der Waals surface area contributed by atoms with E-state index in [4.69, 9.17) is 5.11 Å². The fourth-order valence-electron chi connectivity index (χ4n) is 0.932. The Morgan fingerprint density at radius 3 is 2.64 bits per heavy atom. The zero-order chi connectivity index (χ0) is 9.68. The first-order valence-electron chi connectivity index (χ1n) is 3.74. The quantitative estimate of drug-likeness (QED) is 0.421. The molecule has 0 unspecified atom stereocenters. The van der Waals surface area contributed by atoms with E-state index in [2.05, 4.69) is 5.32 Å². The van der Waals surface area contributed by atoms with Crippen LogP contribution in [0.5, 0.6) is 0 Å². The number of anilines is 1. The zero-order valence-electron chi connectivity index (χ0n) is 7.86. The maximum Gasteiger partial charge on any atom is 1.00 e. The normalized spacial score (nSPS) is 8.57. The second kappa shape index (κ2) is 6.25. The molecule has 2 N–H and O–H groups in total. The minimum Gasteiger partial charge on any atom is -0.480 e. The molecule has 0 amide bonds. The molecule has 0 aliphatic rings. The first-order chi connectivity index (χ1) is 6.24. The number of rotatable bonds is 4. The molecule has 0 aromatic heterocycles. The summed E-state index contributed by atoms with van der Waals surface area (Å²) < 4.78 is 0. The molecule has 1 rings (SSSR count). The van der Waals surface area contributed by atoms with Gasteiger partial charge < -0.3 is 10.4 Å². The van der Waals surface area contributed by atoms with Crippen molar-refractivity contribution in [1.29, 1.82) is 0 Å². The van der Waals surface area contributed by atoms with E-state index in [0.717, 1.165) is 0 Å². The van der Waals surface area contributed by atoms with Gasteiger partial charge in [0, 0.05) is 11.3 Å². The number of carboxylic acid groups (broad SMARTS) is 1. The fraction of sp³-hybridized carbons (Fsp3) is 0.111. The molecule has 0 radical (unpaired) electrons. The van der Waals surface area contributed by atoms with Gasteiger partial charge in [-0.25, -0.2) is 0 Å². The van der Waals surface area contributed by atoms with Gasteiger partial charge in [-0.05, 0) is 12.1 Å². The molecule has 0 spiro atoms. The molecule has 4 nitrogen and oxygen atoms in total. The first kappa shape index (κ1) is 12.8. The van der Waals surface area contributed by atoms with Crippen molar-refractivity contribution in [3.63, 3.8) is 0 Å². The second-order valence-corrected chi connectivity index (χ2v) is 2.45. The first-order valence-corrected chi connectivity index (χ1v) is 3.74. The smallest absolute Gasteiger partial charge is 0.480 e. The van der Waals surface area contributed by atoms with Crippen LogP contribution in [0.25, 0.3) is 0 Å². The van der Waals surface area contributed by atoms with Gasteiger partial charge in [0.15, 0.2) is 6.29 Å². The summed E-state index contributed by atoms with van der Waals surface area (Å²) in [6.07, 6.45) is 0.685. The van der Waals surface area contributed by atoms with E-state index in [1.54, 1.807) is 24.3 Å². The molecule has 0 aliphatic heterocycles. The number of benzene rings is 1. The SMILES string of the molecule is O=Cc1ccccc1NCC(=O)O.[Li+]. The van der Waals surface area contributed by atoms with Crippen molar-refractivity contribution < 1.29 is 33.6 Å². The minimum absolute atomic E-state index is 0.